The molecule has 1 rings (SSSR count). The molecule has 0 saturated heterocycles. The molecule has 0 aliphatic carbocycles. The van der Waals surface area contributed by atoms with Crippen LogP contribution in [-0.4, -0.2) is 32.8 Å². The van der Waals surface area contributed by atoms with Crippen LogP contribution in [0.2, 0.25) is 0 Å². The molecule has 0 heterocycles. The molecule has 5 nitrogen and oxygen atoms in total. The maximum Gasteiger partial charge on any atom is 0.405 e. The standard InChI is InChI=1S/C10H10F4N2O3S/c11-7-3-6(1-2-8(7)15)20(18,19)4-9(17)16-5-10(12,13)14/h1-3H,4-5,15H2,(H,16,17). The number of sulfone groups is 1. The van der Waals surface area contributed by atoms with Gasteiger partial charge in [-0.05, 0) is 18.2 Å². The summed E-state index contributed by atoms with van der Waals surface area (Å²) < 4.78 is 72.0. The van der Waals surface area contributed by atoms with Crippen molar-refractivity contribution in [1.82, 2.24) is 5.32 Å². The van der Waals surface area contributed by atoms with Crippen LogP contribution in [0.4, 0.5) is 23.2 Å². The molecule has 1 amide bonds. The number of nitrogens with one attached hydrogen (secondary N) is 1. The van der Waals surface area contributed by atoms with Crippen molar-refractivity contribution in [2.24, 2.45) is 0 Å². The molecule has 0 atom stereocenters. The minimum atomic E-state index is -4.65. The Balaban J connectivity index is 2.79. The molecular weight excluding hydrogens is 304 g/mol. The number of carbonyl (C=O) groups is 1. The van der Waals surface area contributed by atoms with Gasteiger partial charge in [0, 0.05) is 0 Å². The summed E-state index contributed by atoms with van der Waals surface area (Å²) in [5.74, 6) is -3.55. The Hall–Kier alpha value is -1.84. The van der Waals surface area contributed by atoms with E-state index in [0.29, 0.717) is 6.07 Å². The molecule has 1 aromatic carbocycles. The van der Waals surface area contributed by atoms with Gasteiger partial charge in [0.2, 0.25) is 5.91 Å². The Morgan fingerprint density at radius 1 is 1.30 bits per heavy atom. The fraction of sp³-hybridized carbons (Fsp3) is 0.300. The molecule has 0 saturated carbocycles. The van der Waals surface area contributed by atoms with Gasteiger partial charge >= 0.3 is 6.18 Å². The van der Waals surface area contributed by atoms with E-state index in [2.05, 4.69) is 0 Å². The number of halogens is 4. The van der Waals surface area contributed by atoms with Crippen LogP contribution in [0.5, 0.6) is 0 Å². The van der Waals surface area contributed by atoms with Crippen molar-refractivity contribution in [2.75, 3.05) is 18.0 Å². The first kappa shape index (κ1) is 16.2. The number of nitrogens with two attached hydrogens (primary N) is 1. The van der Waals surface area contributed by atoms with Crippen LogP contribution in [-0.2, 0) is 14.6 Å². The molecule has 0 bridgehead atoms. The number of rotatable bonds is 4. The van der Waals surface area contributed by atoms with Crippen molar-refractivity contribution < 1.29 is 30.8 Å². The number of benzene rings is 1. The zero-order valence-corrected chi connectivity index (χ0v) is 10.7. The van der Waals surface area contributed by atoms with Gasteiger partial charge in [0.05, 0.1) is 10.6 Å². The summed E-state index contributed by atoms with van der Waals surface area (Å²) in [6.07, 6.45) is -4.65. The van der Waals surface area contributed by atoms with Crippen molar-refractivity contribution in [3.05, 3.63) is 24.0 Å². The SMILES string of the molecule is Nc1ccc(S(=O)(=O)CC(=O)NCC(F)(F)F)cc1F. The lowest BCUT2D eigenvalue weighted by atomic mass is 10.3. The number of hydrogen-bond acceptors (Lipinski definition) is 4. The highest BCUT2D eigenvalue weighted by Crippen LogP contribution is 2.17. The maximum absolute atomic E-state index is 13.1. The fourth-order valence-electron chi connectivity index (χ4n) is 1.21. The molecule has 0 fully saturated rings. The molecule has 0 aliphatic heterocycles. The van der Waals surface area contributed by atoms with E-state index in [1.54, 1.807) is 0 Å². The Kier molecular flexibility index (Phi) is 4.58. The summed E-state index contributed by atoms with van der Waals surface area (Å²) in [6, 6.07) is 2.54. The number of nitrogen functional groups attached to an aromatic ring is 1. The summed E-state index contributed by atoms with van der Waals surface area (Å²) in [6.45, 7) is -1.64. The second-order valence-electron chi connectivity index (χ2n) is 3.83. The lowest BCUT2D eigenvalue weighted by molar-refractivity contribution is -0.137. The summed E-state index contributed by atoms with van der Waals surface area (Å²) >= 11 is 0. The fourth-order valence-corrected chi connectivity index (χ4v) is 2.38. The van der Waals surface area contributed by atoms with E-state index in [1.165, 1.54) is 5.32 Å². The van der Waals surface area contributed by atoms with Gasteiger partial charge in [0.25, 0.3) is 0 Å². The van der Waals surface area contributed by atoms with Gasteiger partial charge in [-0.25, -0.2) is 12.8 Å². The average Bonchev–Trinajstić information content (AvgIpc) is 2.28. The minimum Gasteiger partial charge on any atom is -0.396 e. The molecular formula is C10H10F4N2O3S. The molecule has 1 aromatic rings. The van der Waals surface area contributed by atoms with Gasteiger partial charge in [-0.1, -0.05) is 0 Å². The van der Waals surface area contributed by atoms with Crippen LogP contribution in [0.15, 0.2) is 23.1 Å². The highest BCUT2D eigenvalue weighted by molar-refractivity contribution is 7.92. The van der Waals surface area contributed by atoms with E-state index in [1.807, 2.05) is 0 Å². The average molecular weight is 314 g/mol. The number of anilines is 1. The smallest absolute Gasteiger partial charge is 0.396 e. The van der Waals surface area contributed by atoms with Crippen molar-refractivity contribution in [1.29, 1.82) is 0 Å². The lowest BCUT2D eigenvalue weighted by Gasteiger charge is -2.09. The van der Waals surface area contributed by atoms with Crippen molar-refractivity contribution in [3.63, 3.8) is 0 Å². The maximum atomic E-state index is 13.1. The van der Waals surface area contributed by atoms with Crippen LogP contribution in [0.1, 0.15) is 0 Å². The van der Waals surface area contributed by atoms with Crippen LogP contribution in [0.3, 0.4) is 0 Å². The first-order chi connectivity index (χ1) is 9.01. The number of hydrogen-bond donors (Lipinski definition) is 2. The summed E-state index contributed by atoms with van der Waals surface area (Å²) in [5, 5.41) is 1.41. The van der Waals surface area contributed by atoms with Crippen molar-refractivity contribution in [3.8, 4) is 0 Å². The van der Waals surface area contributed by atoms with Gasteiger partial charge in [0.1, 0.15) is 18.1 Å². The molecule has 0 aliphatic rings. The first-order valence-corrected chi connectivity index (χ1v) is 6.78. The van der Waals surface area contributed by atoms with Crippen molar-refractivity contribution >= 4 is 21.4 Å². The largest absolute Gasteiger partial charge is 0.405 e. The van der Waals surface area contributed by atoms with E-state index in [-0.39, 0.29) is 5.69 Å². The zero-order valence-electron chi connectivity index (χ0n) is 9.87. The molecule has 0 radical (unpaired) electrons. The summed E-state index contributed by atoms with van der Waals surface area (Å²) in [4.78, 5) is 10.6. The Morgan fingerprint density at radius 3 is 2.40 bits per heavy atom. The van der Waals surface area contributed by atoms with Crippen molar-refractivity contribution in [2.45, 2.75) is 11.1 Å². The van der Waals surface area contributed by atoms with Gasteiger partial charge in [-0.3, -0.25) is 4.79 Å². The molecule has 3 N–H and O–H groups in total. The van der Waals surface area contributed by atoms with E-state index < -0.39 is 44.9 Å². The van der Waals surface area contributed by atoms with Gasteiger partial charge < -0.3 is 11.1 Å². The second kappa shape index (κ2) is 5.65. The van der Waals surface area contributed by atoms with E-state index in [0.717, 1.165) is 12.1 Å². The third kappa shape index (κ3) is 4.68. The van der Waals surface area contributed by atoms with Crippen LogP contribution < -0.4 is 11.1 Å². The Morgan fingerprint density at radius 2 is 1.90 bits per heavy atom. The van der Waals surface area contributed by atoms with Crippen LogP contribution in [0.25, 0.3) is 0 Å². The number of amides is 1. The molecule has 0 unspecified atom stereocenters. The molecule has 10 heteroatoms. The highest BCUT2D eigenvalue weighted by atomic mass is 32.2. The highest BCUT2D eigenvalue weighted by Gasteiger charge is 2.29. The summed E-state index contributed by atoms with van der Waals surface area (Å²) in [5.41, 5.74) is 4.87. The van der Waals surface area contributed by atoms with Crippen LogP contribution >= 0.6 is 0 Å². The third-order valence-electron chi connectivity index (χ3n) is 2.14. The van der Waals surface area contributed by atoms with E-state index >= 15 is 0 Å². The second-order valence-corrected chi connectivity index (χ2v) is 5.82. The monoisotopic (exact) mass is 314 g/mol. The minimum absolute atomic E-state index is 0.287. The summed E-state index contributed by atoms with van der Waals surface area (Å²) in [7, 11) is -4.24. The van der Waals surface area contributed by atoms with Gasteiger partial charge in [-0.15, -0.1) is 0 Å². The normalized spacial score (nSPS) is 12.2. The molecule has 20 heavy (non-hydrogen) atoms. The topological polar surface area (TPSA) is 89.3 Å². The Labute approximate surface area is 111 Å². The lowest BCUT2D eigenvalue weighted by Crippen LogP contribution is -2.37. The quantitative estimate of drug-likeness (QED) is 0.637. The number of alkyl halides is 3. The molecule has 0 spiro atoms. The van der Waals surface area contributed by atoms with E-state index in [4.69, 9.17) is 5.73 Å². The van der Waals surface area contributed by atoms with Gasteiger partial charge in [-0.2, -0.15) is 13.2 Å². The van der Waals surface area contributed by atoms with Gasteiger partial charge in [0.15, 0.2) is 9.84 Å². The molecule has 0 aromatic heterocycles. The first-order valence-electron chi connectivity index (χ1n) is 5.12. The number of carbonyl (C=O) groups excluding carboxylic acids is 1. The zero-order chi connectivity index (χ0) is 15.6. The van der Waals surface area contributed by atoms with Crippen LogP contribution in [0, 0.1) is 5.82 Å². The molecule has 112 valence electrons. The Bertz CT molecular complexity index is 613. The third-order valence-corrected chi connectivity index (χ3v) is 3.75. The predicted molar refractivity (Wildman–Crippen MR) is 61.9 cm³/mol. The van der Waals surface area contributed by atoms with E-state index in [9.17, 15) is 30.8 Å². The predicted octanol–water partition coefficient (Wildman–Crippen LogP) is 0.860.